The van der Waals surface area contributed by atoms with Crippen LogP contribution in [0.15, 0.2) is 18.2 Å². The van der Waals surface area contributed by atoms with Crippen LogP contribution in [0.25, 0.3) is 0 Å². The second-order valence-corrected chi connectivity index (χ2v) is 9.16. The van der Waals surface area contributed by atoms with Crippen molar-refractivity contribution >= 4 is 35.9 Å². The molecule has 0 bridgehead atoms. The molecular formula is C26H36N2O9. The Morgan fingerprint density at radius 1 is 1.14 bits per heavy atom. The van der Waals surface area contributed by atoms with Gasteiger partial charge in [-0.2, -0.15) is 0 Å². The van der Waals surface area contributed by atoms with Crippen molar-refractivity contribution in [1.29, 1.82) is 0 Å². The monoisotopic (exact) mass is 520 g/mol. The van der Waals surface area contributed by atoms with Gasteiger partial charge in [-0.05, 0) is 38.8 Å². The van der Waals surface area contributed by atoms with Crippen LogP contribution in [0.3, 0.4) is 0 Å². The van der Waals surface area contributed by atoms with Gasteiger partial charge in [-0.25, -0.2) is 4.79 Å². The zero-order valence-electron chi connectivity index (χ0n) is 21.8. The van der Waals surface area contributed by atoms with Crippen molar-refractivity contribution in [2.45, 2.75) is 84.7 Å². The number of aromatic hydroxyl groups is 1. The first-order valence-corrected chi connectivity index (χ1v) is 12.5. The Kier molecular flexibility index (Phi) is 10.9. The van der Waals surface area contributed by atoms with Crippen LogP contribution >= 0.6 is 0 Å². The van der Waals surface area contributed by atoms with Gasteiger partial charge < -0.3 is 30.0 Å². The van der Waals surface area contributed by atoms with Crippen LogP contribution in [0.1, 0.15) is 70.7 Å². The number of ether oxygens (including phenoxy) is 3. The highest BCUT2D eigenvalue weighted by Gasteiger charge is 2.44. The molecule has 11 heteroatoms. The maximum atomic E-state index is 13.2. The molecule has 0 saturated carbocycles. The number of hydrogen-bond donors (Lipinski definition) is 3. The maximum absolute atomic E-state index is 13.2. The predicted octanol–water partition coefficient (Wildman–Crippen LogP) is 2.70. The molecule has 3 N–H and O–H groups in total. The molecular weight excluding hydrogens is 484 g/mol. The lowest BCUT2D eigenvalue weighted by Gasteiger charge is -2.30. The third kappa shape index (κ3) is 7.43. The Morgan fingerprint density at radius 3 is 2.43 bits per heavy atom. The van der Waals surface area contributed by atoms with Gasteiger partial charge in [0.1, 0.15) is 12.2 Å². The van der Waals surface area contributed by atoms with Crippen LogP contribution in [-0.4, -0.2) is 59.7 Å². The van der Waals surface area contributed by atoms with E-state index in [2.05, 4.69) is 10.6 Å². The molecule has 2 amide bonds. The highest BCUT2D eigenvalue weighted by Crippen LogP contribution is 2.29. The van der Waals surface area contributed by atoms with Gasteiger partial charge in [0.15, 0.2) is 17.9 Å². The van der Waals surface area contributed by atoms with E-state index in [9.17, 15) is 29.1 Å². The molecule has 1 aromatic rings. The van der Waals surface area contributed by atoms with Gasteiger partial charge in [0, 0.05) is 0 Å². The van der Waals surface area contributed by atoms with Gasteiger partial charge in [-0.3, -0.25) is 19.2 Å². The van der Waals surface area contributed by atoms with Gasteiger partial charge in [-0.1, -0.05) is 39.7 Å². The number of nitrogens with one attached hydrogen (secondary N) is 2. The van der Waals surface area contributed by atoms with E-state index in [0.717, 1.165) is 6.42 Å². The number of amides is 2. The van der Waals surface area contributed by atoms with E-state index in [0.29, 0.717) is 25.7 Å². The molecule has 0 aromatic heterocycles. The zero-order chi connectivity index (χ0) is 27.7. The standard InChI is InChI=1S/C26H36N2O9/c1-6-8-10-18-22(37-24(32)14(3)7-2)16(5)36-26(34)20(15(4)35-25(18)33)28-23(31)17-11-9-12-19(21(17)30)27-13-29/h9,11-16,18,20,22,30H,6-8,10H2,1-5H3,(H,27,29)(H,28,31)/t14-,15-,16+,18-,20+,22+/m1/s1. The van der Waals surface area contributed by atoms with E-state index in [1.807, 2.05) is 13.8 Å². The molecule has 0 radical (unpaired) electrons. The van der Waals surface area contributed by atoms with Crippen LogP contribution in [-0.2, 0) is 33.4 Å². The number of anilines is 1. The minimum absolute atomic E-state index is 0.00229. The van der Waals surface area contributed by atoms with Crippen molar-refractivity contribution in [1.82, 2.24) is 5.32 Å². The van der Waals surface area contributed by atoms with E-state index in [-0.39, 0.29) is 11.3 Å². The average Bonchev–Trinajstić information content (AvgIpc) is 2.88. The third-order valence-corrected chi connectivity index (χ3v) is 6.41. The molecule has 1 heterocycles. The Balaban J connectivity index is 2.36. The fraction of sp³-hybridized carbons (Fsp3) is 0.577. The van der Waals surface area contributed by atoms with Crippen molar-refractivity contribution in [2.75, 3.05) is 5.32 Å². The number of phenolic OH excluding ortho intramolecular Hbond substituents is 1. The van der Waals surface area contributed by atoms with Crippen molar-refractivity contribution in [2.24, 2.45) is 11.8 Å². The summed E-state index contributed by atoms with van der Waals surface area (Å²) >= 11 is 0. The van der Waals surface area contributed by atoms with Crippen molar-refractivity contribution in [3.63, 3.8) is 0 Å². The topological polar surface area (TPSA) is 157 Å². The summed E-state index contributed by atoms with van der Waals surface area (Å²) in [6.07, 6.45) is -0.558. The maximum Gasteiger partial charge on any atom is 0.332 e. The molecule has 0 unspecified atom stereocenters. The average molecular weight is 521 g/mol. The molecule has 0 aliphatic carbocycles. The lowest BCUT2D eigenvalue weighted by molar-refractivity contribution is -0.177. The lowest BCUT2D eigenvalue weighted by atomic mass is 9.92. The number of carbonyl (C=O) groups is 5. The molecule has 1 aliphatic rings. The smallest absolute Gasteiger partial charge is 0.332 e. The van der Waals surface area contributed by atoms with Crippen LogP contribution in [0.2, 0.25) is 0 Å². The van der Waals surface area contributed by atoms with Gasteiger partial charge in [0.05, 0.1) is 23.1 Å². The number of phenols is 1. The second-order valence-electron chi connectivity index (χ2n) is 9.16. The van der Waals surface area contributed by atoms with Crippen LogP contribution in [0.4, 0.5) is 5.69 Å². The number of hydrogen-bond acceptors (Lipinski definition) is 9. The van der Waals surface area contributed by atoms with Crippen molar-refractivity contribution in [3.05, 3.63) is 23.8 Å². The Morgan fingerprint density at radius 2 is 1.81 bits per heavy atom. The molecule has 6 atom stereocenters. The van der Waals surface area contributed by atoms with Gasteiger partial charge in [-0.15, -0.1) is 0 Å². The van der Waals surface area contributed by atoms with E-state index >= 15 is 0 Å². The summed E-state index contributed by atoms with van der Waals surface area (Å²) in [6, 6.07) is 2.70. The summed E-state index contributed by atoms with van der Waals surface area (Å²) < 4.78 is 16.8. The quantitative estimate of drug-likeness (QED) is 0.183. The third-order valence-electron chi connectivity index (χ3n) is 6.41. The van der Waals surface area contributed by atoms with Gasteiger partial charge in [0.2, 0.25) is 6.41 Å². The van der Waals surface area contributed by atoms with Crippen LogP contribution in [0, 0.1) is 11.8 Å². The first-order valence-electron chi connectivity index (χ1n) is 12.5. The summed E-state index contributed by atoms with van der Waals surface area (Å²) in [5.74, 6) is -4.73. The Bertz CT molecular complexity index is 996. The SMILES string of the molecule is CCCC[C@H]1C(=O)O[C@H](C)[C@H](NC(=O)c2cccc(NC=O)c2O)C(=O)O[C@@H](C)[C@@H]1OC(=O)[C@H](C)CC. The van der Waals surface area contributed by atoms with E-state index < -0.39 is 65.8 Å². The Labute approximate surface area is 216 Å². The second kappa shape index (κ2) is 13.6. The highest BCUT2D eigenvalue weighted by molar-refractivity contribution is 6.01. The number of rotatable bonds is 10. The molecule has 204 valence electrons. The fourth-order valence-electron chi connectivity index (χ4n) is 3.92. The minimum Gasteiger partial charge on any atom is -0.505 e. The van der Waals surface area contributed by atoms with Gasteiger partial charge in [0.25, 0.3) is 5.91 Å². The molecule has 1 aliphatic heterocycles. The molecule has 11 nitrogen and oxygen atoms in total. The normalized spacial score (nSPS) is 24.8. The van der Waals surface area contributed by atoms with Crippen LogP contribution in [0.5, 0.6) is 5.75 Å². The fourth-order valence-corrected chi connectivity index (χ4v) is 3.92. The summed E-state index contributed by atoms with van der Waals surface area (Å²) in [5, 5.41) is 15.1. The minimum atomic E-state index is -1.42. The van der Waals surface area contributed by atoms with E-state index in [1.54, 1.807) is 6.92 Å². The molecule has 1 aromatic carbocycles. The molecule has 37 heavy (non-hydrogen) atoms. The number of unbranched alkanes of at least 4 members (excludes halogenated alkanes) is 1. The largest absolute Gasteiger partial charge is 0.505 e. The molecule has 2 rings (SSSR count). The van der Waals surface area contributed by atoms with Crippen LogP contribution < -0.4 is 10.6 Å². The molecule has 0 spiro atoms. The van der Waals surface area contributed by atoms with E-state index in [1.165, 1.54) is 32.0 Å². The van der Waals surface area contributed by atoms with Gasteiger partial charge >= 0.3 is 17.9 Å². The molecule has 1 fully saturated rings. The summed E-state index contributed by atoms with van der Waals surface area (Å²) in [6.45, 7) is 8.44. The van der Waals surface area contributed by atoms with Crippen molar-refractivity contribution < 1.29 is 43.3 Å². The highest BCUT2D eigenvalue weighted by atomic mass is 16.6. The number of carbonyl (C=O) groups excluding carboxylic acids is 5. The summed E-state index contributed by atoms with van der Waals surface area (Å²) in [4.78, 5) is 62.6. The Hall–Kier alpha value is -3.63. The number of cyclic esters (lactones) is 2. The molecule has 1 saturated heterocycles. The number of para-hydroxylation sites is 1. The predicted molar refractivity (Wildman–Crippen MR) is 133 cm³/mol. The zero-order valence-corrected chi connectivity index (χ0v) is 21.8. The lowest BCUT2D eigenvalue weighted by Crippen LogP contribution is -2.50. The van der Waals surface area contributed by atoms with E-state index in [4.69, 9.17) is 14.2 Å². The first-order chi connectivity index (χ1) is 17.5. The summed E-state index contributed by atoms with van der Waals surface area (Å²) in [7, 11) is 0. The number of benzene rings is 1. The summed E-state index contributed by atoms with van der Waals surface area (Å²) in [5.41, 5.74) is -0.218. The van der Waals surface area contributed by atoms with Crippen molar-refractivity contribution in [3.8, 4) is 5.75 Å². The number of esters is 3. The first kappa shape index (κ1) is 29.6.